The Balaban J connectivity index is 1.37. The molecule has 10 heteroatoms. The number of thiazole rings is 1. The van der Waals surface area contributed by atoms with E-state index in [0.717, 1.165) is 65.0 Å². The van der Waals surface area contributed by atoms with Crippen LogP contribution in [0.4, 0.5) is 14.3 Å². The van der Waals surface area contributed by atoms with Crippen LogP contribution in [0.3, 0.4) is 0 Å². The lowest BCUT2D eigenvalue weighted by atomic mass is 9.88. The number of likely N-dealkylation sites (tertiary alicyclic amines) is 2. The van der Waals surface area contributed by atoms with Gasteiger partial charge < -0.3 is 20.2 Å². The van der Waals surface area contributed by atoms with Crippen LogP contribution in [0.5, 0.6) is 0 Å². The summed E-state index contributed by atoms with van der Waals surface area (Å²) >= 11 is 1.20. The van der Waals surface area contributed by atoms with Crippen molar-refractivity contribution in [1.29, 1.82) is 0 Å². The van der Waals surface area contributed by atoms with Crippen molar-refractivity contribution in [3.63, 3.8) is 0 Å². The number of aryl methyl sites for hydroxylation is 1. The molecule has 4 rings (SSSR count). The molecule has 0 bridgehead atoms. The summed E-state index contributed by atoms with van der Waals surface area (Å²) in [5.74, 6) is 0.530. The Morgan fingerprint density at radius 1 is 1.16 bits per heavy atom. The third kappa shape index (κ3) is 8.05. The number of carbonyl (C=O) groups is 2. The Labute approximate surface area is 228 Å². The number of hydrogen-bond acceptors (Lipinski definition) is 7. The van der Waals surface area contributed by atoms with Crippen molar-refractivity contribution in [3.8, 4) is 0 Å². The van der Waals surface area contributed by atoms with Crippen molar-refractivity contribution in [2.45, 2.75) is 52.0 Å². The number of Topliss-reactive ketones (excluding diaryl/α,β-unsaturated/α-hetero) is 1. The minimum atomic E-state index is -0.291. The quantitative estimate of drug-likeness (QED) is 0.391. The minimum Gasteiger partial charge on any atom is -0.396 e. The number of anilines is 1. The van der Waals surface area contributed by atoms with Gasteiger partial charge in [-0.25, -0.2) is 14.2 Å². The number of aliphatic hydroxyl groups is 1. The molecule has 0 radical (unpaired) electrons. The molecule has 208 valence electrons. The van der Waals surface area contributed by atoms with E-state index in [4.69, 9.17) is 0 Å². The number of aromatic nitrogens is 1. The highest BCUT2D eigenvalue weighted by Crippen LogP contribution is 2.26. The first-order valence-electron chi connectivity index (χ1n) is 13.7. The maximum atomic E-state index is 13.3. The standard InChI is InChI=1S/C28H40FN5O3S/c1-19-26(20(2)36)38-28(30-19)32-27(37)31-25-10-13-33(12-4-14-35)17-23(25)18-34-11-3-5-22(16-34)15-21-6-8-24(29)9-7-21/h6-9,22-23,25,35H,3-5,10-18H2,1-2H3,(H2,30,31,32,37)/t22-,23+,25+/m0/s1. The van der Waals surface area contributed by atoms with Crippen LogP contribution in [0, 0.1) is 24.6 Å². The van der Waals surface area contributed by atoms with Gasteiger partial charge in [0.25, 0.3) is 0 Å². The molecule has 0 spiro atoms. The molecule has 0 unspecified atom stereocenters. The van der Waals surface area contributed by atoms with E-state index in [1.165, 1.54) is 42.4 Å². The first kappa shape index (κ1) is 28.6. The summed E-state index contributed by atoms with van der Waals surface area (Å²) in [6, 6.07) is 6.57. The molecule has 1 aromatic heterocycles. The van der Waals surface area contributed by atoms with E-state index in [1.807, 2.05) is 12.1 Å². The van der Waals surface area contributed by atoms with E-state index in [0.29, 0.717) is 21.6 Å². The lowest BCUT2D eigenvalue weighted by Gasteiger charge is -2.42. The molecule has 2 saturated heterocycles. The average Bonchev–Trinajstić information content (AvgIpc) is 3.25. The number of hydrogen-bond donors (Lipinski definition) is 3. The van der Waals surface area contributed by atoms with Gasteiger partial charge in [-0.3, -0.25) is 10.1 Å². The zero-order valence-electron chi connectivity index (χ0n) is 22.4. The van der Waals surface area contributed by atoms with Crippen molar-refractivity contribution < 1.29 is 19.1 Å². The molecule has 2 aromatic rings. The highest BCUT2D eigenvalue weighted by molar-refractivity contribution is 7.17. The van der Waals surface area contributed by atoms with Gasteiger partial charge >= 0.3 is 6.03 Å². The smallest absolute Gasteiger partial charge is 0.321 e. The first-order chi connectivity index (χ1) is 18.3. The van der Waals surface area contributed by atoms with Crippen molar-refractivity contribution in [3.05, 3.63) is 46.2 Å². The fraction of sp³-hybridized carbons (Fsp3) is 0.607. The maximum absolute atomic E-state index is 13.3. The van der Waals surface area contributed by atoms with E-state index >= 15 is 0 Å². The third-order valence-corrected chi connectivity index (χ3v) is 8.81. The first-order valence-corrected chi connectivity index (χ1v) is 14.5. The summed E-state index contributed by atoms with van der Waals surface area (Å²) in [7, 11) is 0. The minimum absolute atomic E-state index is 0.0196. The van der Waals surface area contributed by atoms with Crippen LogP contribution >= 0.6 is 11.3 Å². The molecule has 2 amide bonds. The predicted molar refractivity (Wildman–Crippen MR) is 148 cm³/mol. The summed E-state index contributed by atoms with van der Waals surface area (Å²) < 4.78 is 13.3. The van der Waals surface area contributed by atoms with Gasteiger partial charge in [0, 0.05) is 58.2 Å². The zero-order chi connectivity index (χ0) is 27.1. The Kier molecular flexibility index (Phi) is 10.2. The Hall–Kier alpha value is -2.40. The number of ketones is 1. The van der Waals surface area contributed by atoms with Crippen LogP contribution in [0.2, 0.25) is 0 Å². The molecule has 3 N–H and O–H groups in total. The van der Waals surface area contributed by atoms with E-state index < -0.39 is 0 Å². The lowest BCUT2D eigenvalue weighted by molar-refractivity contribution is 0.0819. The second-order valence-electron chi connectivity index (χ2n) is 10.7. The van der Waals surface area contributed by atoms with Gasteiger partial charge in [0.15, 0.2) is 10.9 Å². The monoisotopic (exact) mass is 545 g/mol. The summed E-state index contributed by atoms with van der Waals surface area (Å²) in [4.78, 5) is 34.5. The second-order valence-corrected chi connectivity index (χ2v) is 11.7. The molecular weight excluding hydrogens is 505 g/mol. The molecular formula is C28H40FN5O3S. The highest BCUT2D eigenvalue weighted by atomic mass is 32.1. The summed E-state index contributed by atoms with van der Waals surface area (Å²) in [6.07, 6.45) is 4.83. The lowest BCUT2D eigenvalue weighted by Crippen LogP contribution is -2.55. The molecule has 2 aliphatic heterocycles. The number of amides is 2. The number of urea groups is 1. The van der Waals surface area contributed by atoms with Crippen LogP contribution in [-0.4, -0.2) is 83.6 Å². The number of carbonyl (C=O) groups excluding carboxylic acids is 2. The number of piperidine rings is 2. The van der Waals surface area contributed by atoms with E-state index in [1.54, 1.807) is 6.92 Å². The summed E-state index contributed by atoms with van der Waals surface area (Å²) in [6.45, 7) is 8.98. The Bertz CT molecular complexity index is 1080. The van der Waals surface area contributed by atoms with Gasteiger partial charge in [-0.15, -0.1) is 0 Å². The number of rotatable bonds is 10. The average molecular weight is 546 g/mol. The van der Waals surface area contributed by atoms with Crippen LogP contribution in [0.1, 0.15) is 53.5 Å². The van der Waals surface area contributed by atoms with Crippen molar-refractivity contribution in [1.82, 2.24) is 20.1 Å². The Morgan fingerprint density at radius 3 is 2.66 bits per heavy atom. The van der Waals surface area contributed by atoms with E-state index in [-0.39, 0.29) is 36.2 Å². The van der Waals surface area contributed by atoms with Crippen molar-refractivity contribution in [2.75, 3.05) is 51.2 Å². The molecule has 3 atom stereocenters. The second kappa shape index (κ2) is 13.6. The van der Waals surface area contributed by atoms with Crippen molar-refractivity contribution >= 4 is 28.3 Å². The van der Waals surface area contributed by atoms with Gasteiger partial charge in [0.05, 0.1) is 10.6 Å². The molecule has 3 heterocycles. The molecule has 0 saturated carbocycles. The van der Waals surface area contributed by atoms with Crippen LogP contribution in [-0.2, 0) is 6.42 Å². The van der Waals surface area contributed by atoms with E-state index in [9.17, 15) is 19.1 Å². The predicted octanol–water partition coefficient (Wildman–Crippen LogP) is 3.94. The van der Waals surface area contributed by atoms with Gasteiger partial charge in [0.2, 0.25) is 0 Å². The van der Waals surface area contributed by atoms with Gasteiger partial charge in [-0.2, -0.15) is 0 Å². The SMILES string of the molecule is CC(=O)c1sc(NC(=O)N[C@@H]2CCN(CCCO)C[C@@H]2CN2CCC[C@@H](Cc3ccc(F)cc3)C2)nc1C. The van der Waals surface area contributed by atoms with Gasteiger partial charge in [-0.05, 0) is 69.2 Å². The summed E-state index contributed by atoms with van der Waals surface area (Å²) in [5, 5.41) is 15.8. The van der Waals surface area contributed by atoms with Gasteiger partial charge in [0.1, 0.15) is 5.82 Å². The van der Waals surface area contributed by atoms with Gasteiger partial charge in [-0.1, -0.05) is 23.5 Å². The fourth-order valence-corrected chi connectivity index (χ4v) is 6.68. The molecule has 0 aliphatic carbocycles. The molecule has 2 fully saturated rings. The number of nitrogens with zero attached hydrogens (tertiary/aromatic N) is 3. The molecule has 8 nitrogen and oxygen atoms in total. The molecule has 38 heavy (non-hydrogen) atoms. The van der Waals surface area contributed by atoms with Crippen LogP contribution in [0.15, 0.2) is 24.3 Å². The van der Waals surface area contributed by atoms with Crippen molar-refractivity contribution in [2.24, 2.45) is 11.8 Å². The molecule has 1 aromatic carbocycles. The number of benzene rings is 1. The molecule has 2 aliphatic rings. The van der Waals surface area contributed by atoms with Crippen LogP contribution < -0.4 is 10.6 Å². The maximum Gasteiger partial charge on any atom is 0.321 e. The number of aliphatic hydroxyl groups excluding tert-OH is 1. The fourth-order valence-electron chi connectivity index (χ4n) is 5.83. The largest absolute Gasteiger partial charge is 0.396 e. The van der Waals surface area contributed by atoms with E-state index in [2.05, 4.69) is 25.4 Å². The highest BCUT2D eigenvalue weighted by Gasteiger charge is 2.33. The third-order valence-electron chi connectivity index (χ3n) is 7.64. The number of halogens is 1. The van der Waals surface area contributed by atoms with Crippen LogP contribution in [0.25, 0.3) is 0 Å². The number of nitrogens with one attached hydrogen (secondary N) is 2. The summed E-state index contributed by atoms with van der Waals surface area (Å²) in [5.41, 5.74) is 1.81. The Morgan fingerprint density at radius 2 is 1.95 bits per heavy atom. The zero-order valence-corrected chi connectivity index (χ0v) is 23.2. The normalized spacial score (nSPS) is 22.8. The topological polar surface area (TPSA) is 97.8 Å².